The second kappa shape index (κ2) is 7.06. The fraction of sp³-hybridized carbons (Fsp3) is 0.500. The van der Waals surface area contributed by atoms with Gasteiger partial charge in [-0.15, -0.1) is 0 Å². The highest BCUT2D eigenvalue weighted by molar-refractivity contribution is 5.52. The monoisotopic (exact) mass is 227 g/mol. The highest BCUT2D eigenvalue weighted by atomic mass is 19.1. The van der Waals surface area contributed by atoms with Crippen molar-refractivity contribution in [2.24, 2.45) is 0 Å². The molecule has 0 radical (unpaired) electrons. The van der Waals surface area contributed by atoms with E-state index in [2.05, 4.69) is 6.92 Å². The zero-order chi connectivity index (χ0) is 11.8. The van der Waals surface area contributed by atoms with Gasteiger partial charge >= 0.3 is 0 Å². The number of hydrogen-bond donors (Lipinski definition) is 1. The number of halogens is 1. The quantitative estimate of drug-likeness (QED) is 0.575. The maximum absolute atomic E-state index is 13.2. The SMILES string of the molecule is CCCCOCCOc1c(N)cccc1F. The molecule has 0 saturated carbocycles. The van der Waals surface area contributed by atoms with Gasteiger partial charge in [0.15, 0.2) is 11.6 Å². The van der Waals surface area contributed by atoms with Crippen LogP contribution in [0.4, 0.5) is 10.1 Å². The van der Waals surface area contributed by atoms with Crippen LogP contribution >= 0.6 is 0 Å². The van der Waals surface area contributed by atoms with Crippen molar-refractivity contribution in [2.45, 2.75) is 19.8 Å². The molecule has 0 atom stereocenters. The summed E-state index contributed by atoms with van der Waals surface area (Å²) in [6.45, 7) is 3.58. The lowest BCUT2D eigenvalue weighted by atomic mass is 10.3. The van der Waals surface area contributed by atoms with Gasteiger partial charge in [-0.1, -0.05) is 19.4 Å². The fourth-order valence-electron chi connectivity index (χ4n) is 1.23. The number of anilines is 1. The minimum absolute atomic E-state index is 0.113. The molecule has 0 unspecified atom stereocenters. The van der Waals surface area contributed by atoms with Crippen LogP contribution < -0.4 is 10.5 Å². The summed E-state index contributed by atoms with van der Waals surface area (Å²) in [4.78, 5) is 0. The van der Waals surface area contributed by atoms with Gasteiger partial charge in [0.25, 0.3) is 0 Å². The molecule has 90 valence electrons. The normalized spacial score (nSPS) is 10.4. The summed E-state index contributed by atoms with van der Waals surface area (Å²) in [7, 11) is 0. The smallest absolute Gasteiger partial charge is 0.177 e. The number of hydrogen-bond acceptors (Lipinski definition) is 3. The van der Waals surface area contributed by atoms with Gasteiger partial charge in [-0.2, -0.15) is 0 Å². The van der Waals surface area contributed by atoms with Gasteiger partial charge in [-0.25, -0.2) is 4.39 Å². The molecule has 0 spiro atoms. The second-order valence-electron chi connectivity index (χ2n) is 3.47. The summed E-state index contributed by atoms with van der Waals surface area (Å²) in [5, 5.41) is 0. The minimum Gasteiger partial charge on any atom is -0.486 e. The number of ether oxygens (including phenoxy) is 2. The first-order valence-electron chi connectivity index (χ1n) is 5.50. The van der Waals surface area contributed by atoms with E-state index in [0.29, 0.717) is 25.5 Å². The van der Waals surface area contributed by atoms with Crippen LogP contribution in [0.2, 0.25) is 0 Å². The maximum Gasteiger partial charge on any atom is 0.177 e. The molecule has 1 aromatic carbocycles. The van der Waals surface area contributed by atoms with Crippen LogP contribution in [0.3, 0.4) is 0 Å². The second-order valence-corrected chi connectivity index (χ2v) is 3.47. The molecular formula is C12H18FNO2. The summed E-state index contributed by atoms with van der Waals surface area (Å²) >= 11 is 0. The molecule has 3 nitrogen and oxygen atoms in total. The molecule has 1 rings (SSSR count). The Bertz CT molecular complexity index is 298. The molecule has 0 fully saturated rings. The topological polar surface area (TPSA) is 44.5 Å². The van der Waals surface area contributed by atoms with Crippen LogP contribution in [0.5, 0.6) is 5.75 Å². The highest BCUT2D eigenvalue weighted by Crippen LogP contribution is 2.24. The van der Waals surface area contributed by atoms with Crippen molar-refractivity contribution in [1.29, 1.82) is 0 Å². The van der Waals surface area contributed by atoms with Gasteiger partial charge in [0.1, 0.15) is 6.61 Å². The summed E-state index contributed by atoms with van der Waals surface area (Å²) < 4.78 is 23.7. The molecule has 0 aliphatic heterocycles. The van der Waals surface area contributed by atoms with Crippen molar-refractivity contribution in [2.75, 3.05) is 25.6 Å². The van der Waals surface area contributed by atoms with Crippen LogP contribution in [0, 0.1) is 5.82 Å². The minimum atomic E-state index is -0.437. The number of unbranched alkanes of at least 4 members (excludes halogenated alkanes) is 1. The molecule has 0 amide bonds. The summed E-state index contributed by atoms with van der Waals surface area (Å²) in [6, 6.07) is 4.48. The predicted octanol–water partition coefficient (Wildman–Crippen LogP) is 2.60. The third-order valence-corrected chi connectivity index (χ3v) is 2.11. The lowest BCUT2D eigenvalue weighted by Gasteiger charge is -2.09. The van der Waals surface area contributed by atoms with Crippen molar-refractivity contribution in [3.05, 3.63) is 24.0 Å². The van der Waals surface area contributed by atoms with Gasteiger partial charge in [-0.3, -0.25) is 0 Å². The Hall–Kier alpha value is -1.29. The molecule has 0 heterocycles. The highest BCUT2D eigenvalue weighted by Gasteiger charge is 2.06. The Morgan fingerprint density at radius 3 is 2.75 bits per heavy atom. The van der Waals surface area contributed by atoms with Crippen LogP contribution in [0.1, 0.15) is 19.8 Å². The first kappa shape index (κ1) is 12.8. The Balaban J connectivity index is 2.26. The summed E-state index contributed by atoms with van der Waals surface area (Å²) in [6.07, 6.45) is 2.13. The van der Waals surface area contributed by atoms with Gasteiger partial charge in [0, 0.05) is 6.61 Å². The number of nitrogens with two attached hydrogens (primary N) is 1. The molecule has 2 N–H and O–H groups in total. The van der Waals surface area contributed by atoms with Gasteiger partial charge < -0.3 is 15.2 Å². The Kier molecular flexibility index (Phi) is 5.64. The van der Waals surface area contributed by atoms with Crippen LogP contribution in [0.15, 0.2) is 18.2 Å². The van der Waals surface area contributed by atoms with E-state index in [1.165, 1.54) is 6.07 Å². The van der Waals surface area contributed by atoms with E-state index in [-0.39, 0.29) is 5.75 Å². The standard InChI is InChI=1S/C12H18FNO2/c1-2-3-7-15-8-9-16-12-10(13)5-4-6-11(12)14/h4-6H,2-3,7-9,14H2,1H3. The number of rotatable bonds is 7. The lowest BCUT2D eigenvalue weighted by molar-refractivity contribution is 0.0969. The number of benzene rings is 1. The number of para-hydroxylation sites is 1. The fourth-order valence-corrected chi connectivity index (χ4v) is 1.23. The average Bonchev–Trinajstić information content (AvgIpc) is 2.26. The Labute approximate surface area is 95.4 Å². The third-order valence-electron chi connectivity index (χ3n) is 2.11. The number of nitrogen functional groups attached to an aromatic ring is 1. The van der Waals surface area contributed by atoms with Gasteiger partial charge in [-0.05, 0) is 18.6 Å². The first-order chi connectivity index (χ1) is 7.75. The van der Waals surface area contributed by atoms with Crippen LogP contribution in [-0.4, -0.2) is 19.8 Å². The van der Waals surface area contributed by atoms with Crippen LogP contribution in [0.25, 0.3) is 0 Å². The molecular weight excluding hydrogens is 209 g/mol. The summed E-state index contributed by atoms with van der Waals surface area (Å²) in [5.74, 6) is -0.324. The largest absolute Gasteiger partial charge is 0.486 e. The Morgan fingerprint density at radius 2 is 2.06 bits per heavy atom. The zero-order valence-electron chi connectivity index (χ0n) is 9.54. The van der Waals surface area contributed by atoms with Gasteiger partial charge in [0.05, 0.1) is 12.3 Å². The van der Waals surface area contributed by atoms with E-state index < -0.39 is 5.82 Å². The van der Waals surface area contributed by atoms with Crippen molar-refractivity contribution >= 4 is 5.69 Å². The van der Waals surface area contributed by atoms with Crippen molar-refractivity contribution in [1.82, 2.24) is 0 Å². The Morgan fingerprint density at radius 1 is 1.25 bits per heavy atom. The van der Waals surface area contributed by atoms with Crippen LogP contribution in [-0.2, 0) is 4.74 Å². The average molecular weight is 227 g/mol. The molecule has 1 aromatic rings. The third kappa shape index (κ3) is 4.06. The van der Waals surface area contributed by atoms with E-state index in [9.17, 15) is 4.39 Å². The van der Waals surface area contributed by atoms with E-state index in [4.69, 9.17) is 15.2 Å². The van der Waals surface area contributed by atoms with E-state index in [1.807, 2.05) is 0 Å². The van der Waals surface area contributed by atoms with Crippen molar-refractivity contribution in [3.63, 3.8) is 0 Å². The summed E-state index contributed by atoms with van der Waals surface area (Å²) in [5.41, 5.74) is 5.89. The molecule has 0 aromatic heterocycles. The predicted molar refractivity (Wildman–Crippen MR) is 62.0 cm³/mol. The zero-order valence-corrected chi connectivity index (χ0v) is 9.54. The van der Waals surface area contributed by atoms with Gasteiger partial charge in [0.2, 0.25) is 0 Å². The first-order valence-corrected chi connectivity index (χ1v) is 5.50. The molecule has 4 heteroatoms. The van der Waals surface area contributed by atoms with Crippen molar-refractivity contribution < 1.29 is 13.9 Å². The lowest BCUT2D eigenvalue weighted by Crippen LogP contribution is -2.09. The molecule has 0 aliphatic rings. The molecule has 0 saturated heterocycles. The maximum atomic E-state index is 13.2. The van der Waals surface area contributed by atoms with Crippen molar-refractivity contribution in [3.8, 4) is 5.75 Å². The molecule has 16 heavy (non-hydrogen) atoms. The van der Waals surface area contributed by atoms with E-state index in [1.54, 1.807) is 12.1 Å². The molecule has 0 aliphatic carbocycles. The van der Waals surface area contributed by atoms with E-state index >= 15 is 0 Å². The van der Waals surface area contributed by atoms with E-state index in [0.717, 1.165) is 12.8 Å². The molecule has 0 bridgehead atoms.